The second-order valence-corrected chi connectivity index (χ2v) is 3.95. The molecule has 3 N–H and O–H groups in total. The lowest BCUT2D eigenvalue weighted by Crippen LogP contribution is -2.28. The third-order valence-electron chi connectivity index (χ3n) is 2.20. The fourth-order valence-electron chi connectivity index (χ4n) is 1.41. The van der Waals surface area contributed by atoms with Crippen LogP contribution in [0, 0.1) is 6.92 Å². The highest BCUT2D eigenvalue weighted by Gasteiger charge is 2.07. The zero-order chi connectivity index (χ0) is 12.3. The zero-order valence-corrected chi connectivity index (χ0v) is 10.3. The van der Waals surface area contributed by atoms with Crippen molar-refractivity contribution in [2.45, 2.75) is 6.92 Å². The van der Waals surface area contributed by atoms with Crippen LogP contribution in [0.15, 0.2) is 24.8 Å². The first-order chi connectivity index (χ1) is 8.20. The Kier molecular flexibility index (Phi) is 3.34. The third-order valence-corrected chi connectivity index (χ3v) is 2.45. The topological polar surface area (TPSA) is 65.6 Å². The van der Waals surface area contributed by atoms with E-state index < -0.39 is 0 Å². The molecule has 6 heteroatoms. The highest BCUT2D eigenvalue weighted by atomic mass is 32.1. The van der Waals surface area contributed by atoms with Gasteiger partial charge in [0.2, 0.25) is 0 Å². The molecule has 0 spiro atoms. The molecule has 0 aromatic carbocycles. The number of nitrogens with zero attached hydrogens (tertiary/aromatic N) is 2. The summed E-state index contributed by atoms with van der Waals surface area (Å²) in [5, 5.41) is 14.4. The Morgan fingerprint density at radius 3 is 3.18 bits per heavy atom. The fourth-order valence-corrected chi connectivity index (χ4v) is 1.59. The van der Waals surface area contributed by atoms with Crippen LogP contribution in [0.5, 0.6) is 0 Å². The maximum absolute atomic E-state index is 5.11. The molecule has 0 radical (unpaired) electrons. The van der Waals surface area contributed by atoms with E-state index >= 15 is 0 Å². The maximum atomic E-state index is 5.11. The average Bonchev–Trinajstić information content (AvgIpc) is 2.69. The summed E-state index contributed by atoms with van der Waals surface area (Å²) in [6.45, 7) is 6.16. The van der Waals surface area contributed by atoms with Gasteiger partial charge in [-0.15, -0.1) is 6.58 Å². The highest BCUT2D eigenvalue weighted by Crippen LogP contribution is 2.18. The summed E-state index contributed by atoms with van der Waals surface area (Å²) in [4.78, 5) is 4.33. The molecular weight excluding hydrogens is 234 g/mol. The number of aromatic amines is 1. The molecule has 0 atom stereocenters. The summed E-state index contributed by atoms with van der Waals surface area (Å²) in [6, 6.07) is 3.89. The van der Waals surface area contributed by atoms with E-state index in [0.717, 1.165) is 16.7 Å². The van der Waals surface area contributed by atoms with Crippen molar-refractivity contribution in [1.29, 1.82) is 0 Å². The van der Waals surface area contributed by atoms with Gasteiger partial charge in [0.1, 0.15) is 0 Å². The van der Waals surface area contributed by atoms with Gasteiger partial charge in [0.25, 0.3) is 0 Å². The second-order valence-electron chi connectivity index (χ2n) is 3.54. The van der Waals surface area contributed by atoms with Crippen LogP contribution in [-0.4, -0.2) is 26.8 Å². The van der Waals surface area contributed by atoms with E-state index in [1.54, 1.807) is 6.08 Å². The minimum atomic E-state index is 0.513. The number of anilines is 1. The van der Waals surface area contributed by atoms with E-state index in [0.29, 0.717) is 17.5 Å². The van der Waals surface area contributed by atoms with Crippen molar-refractivity contribution in [3.63, 3.8) is 0 Å². The lowest BCUT2D eigenvalue weighted by molar-refractivity contribution is 1.05. The Balaban J connectivity index is 2.19. The number of nitrogens with one attached hydrogen (secondary N) is 3. The van der Waals surface area contributed by atoms with E-state index in [2.05, 4.69) is 32.4 Å². The van der Waals surface area contributed by atoms with Crippen LogP contribution >= 0.6 is 12.2 Å². The molecule has 2 aromatic heterocycles. The maximum Gasteiger partial charge on any atom is 0.172 e. The van der Waals surface area contributed by atoms with Crippen molar-refractivity contribution >= 4 is 34.2 Å². The molecule has 0 saturated carbocycles. The minimum Gasteiger partial charge on any atom is -0.359 e. The van der Waals surface area contributed by atoms with E-state index in [1.807, 2.05) is 19.1 Å². The lowest BCUT2D eigenvalue weighted by Gasteiger charge is -2.06. The van der Waals surface area contributed by atoms with E-state index in [-0.39, 0.29) is 0 Å². The third kappa shape index (κ3) is 2.59. The van der Waals surface area contributed by atoms with Gasteiger partial charge in [-0.1, -0.05) is 6.08 Å². The first-order valence-corrected chi connectivity index (χ1v) is 5.59. The van der Waals surface area contributed by atoms with Crippen LogP contribution in [0.1, 0.15) is 5.69 Å². The van der Waals surface area contributed by atoms with Crippen molar-refractivity contribution in [3.05, 3.63) is 30.5 Å². The standard InChI is InChI=1S/C11H13N5S/c1-3-6-12-11(17)14-10-8-5-4-7(2)13-9(8)15-16-10/h3-5H,1,6H2,2H3,(H3,12,13,14,15,16,17). The van der Waals surface area contributed by atoms with Crippen LogP contribution in [0.3, 0.4) is 0 Å². The summed E-state index contributed by atoms with van der Waals surface area (Å²) >= 11 is 5.11. The summed E-state index contributed by atoms with van der Waals surface area (Å²) in [5.41, 5.74) is 1.69. The van der Waals surface area contributed by atoms with Gasteiger partial charge >= 0.3 is 0 Å². The molecule has 2 aromatic rings. The minimum absolute atomic E-state index is 0.513. The van der Waals surface area contributed by atoms with Crippen LogP contribution in [0.4, 0.5) is 5.82 Å². The van der Waals surface area contributed by atoms with Gasteiger partial charge < -0.3 is 10.6 Å². The van der Waals surface area contributed by atoms with Crippen LogP contribution in [-0.2, 0) is 0 Å². The molecule has 2 heterocycles. The van der Waals surface area contributed by atoms with Gasteiger partial charge in [0, 0.05) is 12.2 Å². The summed E-state index contributed by atoms with van der Waals surface area (Å²) in [7, 11) is 0. The number of H-pyrrole nitrogens is 1. The van der Waals surface area contributed by atoms with Crippen molar-refractivity contribution in [2.75, 3.05) is 11.9 Å². The van der Waals surface area contributed by atoms with Crippen LogP contribution in [0.2, 0.25) is 0 Å². The van der Waals surface area contributed by atoms with Crippen LogP contribution < -0.4 is 10.6 Å². The molecule has 0 unspecified atom stereocenters. The molecule has 5 nitrogen and oxygen atoms in total. The summed E-state index contributed by atoms with van der Waals surface area (Å²) in [6.07, 6.45) is 1.74. The van der Waals surface area contributed by atoms with E-state index in [9.17, 15) is 0 Å². The number of thiocarbonyl (C=S) groups is 1. The average molecular weight is 247 g/mol. The molecule has 0 aliphatic carbocycles. The lowest BCUT2D eigenvalue weighted by atomic mass is 10.3. The van der Waals surface area contributed by atoms with E-state index in [1.165, 1.54) is 0 Å². The summed E-state index contributed by atoms with van der Waals surface area (Å²) < 4.78 is 0. The molecule has 2 rings (SSSR count). The van der Waals surface area contributed by atoms with Crippen molar-refractivity contribution in [1.82, 2.24) is 20.5 Å². The summed E-state index contributed by atoms with van der Waals surface area (Å²) in [5.74, 6) is 0.675. The number of fused-ring (bicyclic) bond motifs is 1. The quantitative estimate of drug-likeness (QED) is 0.569. The first-order valence-electron chi connectivity index (χ1n) is 5.18. The molecule has 0 fully saturated rings. The van der Waals surface area contributed by atoms with Gasteiger partial charge in [0.05, 0.1) is 5.39 Å². The number of aromatic nitrogens is 3. The number of rotatable bonds is 3. The van der Waals surface area contributed by atoms with Gasteiger partial charge in [-0.2, -0.15) is 5.10 Å². The second kappa shape index (κ2) is 4.92. The smallest absolute Gasteiger partial charge is 0.172 e. The number of hydrogen-bond donors (Lipinski definition) is 3. The Morgan fingerprint density at radius 1 is 1.59 bits per heavy atom. The molecule has 88 valence electrons. The van der Waals surface area contributed by atoms with Gasteiger partial charge in [-0.05, 0) is 31.3 Å². The van der Waals surface area contributed by atoms with E-state index in [4.69, 9.17) is 12.2 Å². The zero-order valence-electron chi connectivity index (χ0n) is 9.45. The highest BCUT2D eigenvalue weighted by molar-refractivity contribution is 7.80. The van der Waals surface area contributed by atoms with Crippen molar-refractivity contribution < 1.29 is 0 Å². The fraction of sp³-hybridized carbons (Fsp3) is 0.182. The molecule has 17 heavy (non-hydrogen) atoms. The molecule has 0 saturated heterocycles. The molecule has 0 aliphatic heterocycles. The number of aryl methyl sites for hydroxylation is 1. The van der Waals surface area contributed by atoms with Gasteiger partial charge in [-0.3, -0.25) is 5.10 Å². The van der Waals surface area contributed by atoms with Crippen LogP contribution in [0.25, 0.3) is 11.0 Å². The Bertz CT molecular complexity index is 560. The van der Waals surface area contributed by atoms with Gasteiger partial charge in [0.15, 0.2) is 16.6 Å². The Labute approximate surface area is 104 Å². The Hall–Kier alpha value is -1.95. The molecule has 0 aliphatic rings. The Morgan fingerprint density at radius 2 is 2.41 bits per heavy atom. The largest absolute Gasteiger partial charge is 0.359 e. The monoisotopic (exact) mass is 247 g/mol. The SMILES string of the molecule is C=CCNC(=S)Nc1n[nH]c2nc(C)ccc12. The molecular formula is C11H13N5S. The van der Waals surface area contributed by atoms with Crippen molar-refractivity contribution in [3.8, 4) is 0 Å². The predicted molar refractivity (Wildman–Crippen MR) is 73.0 cm³/mol. The molecule has 0 amide bonds. The molecule has 0 bridgehead atoms. The number of hydrogen-bond acceptors (Lipinski definition) is 3. The number of pyridine rings is 1. The normalized spacial score (nSPS) is 10.2. The van der Waals surface area contributed by atoms with Gasteiger partial charge in [-0.25, -0.2) is 4.98 Å². The first kappa shape index (κ1) is 11.5. The van der Waals surface area contributed by atoms with Crippen molar-refractivity contribution in [2.24, 2.45) is 0 Å². The predicted octanol–water partition coefficient (Wildman–Crippen LogP) is 1.74.